The summed E-state index contributed by atoms with van der Waals surface area (Å²) in [4.78, 5) is 21.6. The highest BCUT2D eigenvalue weighted by Crippen LogP contribution is 2.20. The van der Waals surface area contributed by atoms with Crippen molar-refractivity contribution in [2.75, 3.05) is 6.61 Å². The molecule has 0 heterocycles. The number of aliphatic carboxylic acids is 1. The number of carboxylic acid groups (broad SMARTS) is 1. The first-order valence-electron chi connectivity index (χ1n) is 6.46. The van der Waals surface area contributed by atoms with Gasteiger partial charge in [0.05, 0.1) is 19.1 Å². The summed E-state index contributed by atoms with van der Waals surface area (Å²) in [5, 5.41) is 28.2. The van der Waals surface area contributed by atoms with Crippen molar-refractivity contribution in [2.45, 2.75) is 25.6 Å². The first-order chi connectivity index (χ1) is 9.93. The zero-order chi connectivity index (χ0) is 15.8. The van der Waals surface area contributed by atoms with E-state index in [1.54, 1.807) is 31.2 Å². The van der Waals surface area contributed by atoms with E-state index in [2.05, 4.69) is 0 Å². The van der Waals surface area contributed by atoms with Crippen molar-refractivity contribution in [3.05, 3.63) is 41.5 Å². The van der Waals surface area contributed by atoms with Crippen LogP contribution in [0.15, 0.2) is 30.3 Å². The lowest BCUT2D eigenvalue weighted by molar-refractivity contribution is -0.147. The topological polar surface area (TPSA) is 104 Å². The Morgan fingerprint density at radius 1 is 1.24 bits per heavy atom. The molecule has 0 aliphatic heterocycles. The molecule has 6 nitrogen and oxygen atoms in total. The van der Waals surface area contributed by atoms with Crippen LogP contribution >= 0.6 is 0 Å². The highest BCUT2D eigenvalue weighted by Gasteiger charge is 2.21. The Bertz CT molecular complexity index is 505. The van der Waals surface area contributed by atoms with Crippen molar-refractivity contribution in [1.29, 1.82) is 0 Å². The Kier molecular flexibility index (Phi) is 6.58. The van der Waals surface area contributed by atoms with Gasteiger partial charge in [-0.05, 0) is 24.1 Å². The number of hydrogen-bond acceptors (Lipinski definition) is 5. The quantitative estimate of drug-likeness (QED) is 0.514. The van der Waals surface area contributed by atoms with Crippen LogP contribution in [0.5, 0.6) is 0 Å². The molecule has 21 heavy (non-hydrogen) atoms. The Balaban J connectivity index is 2.67. The molecule has 0 fully saturated rings. The van der Waals surface area contributed by atoms with Crippen LogP contribution in [0.2, 0.25) is 0 Å². The molecule has 1 aromatic carbocycles. The monoisotopic (exact) mass is 294 g/mol. The second-order valence-electron chi connectivity index (χ2n) is 4.36. The van der Waals surface area contributed by atoms with Crippen molar-refractivity contribution in [1.82, 2.24) is 0 Å². The summed E-state index contributed by atoms with van der Waals surface area (Å²) in [6, 6.07) is 6.32. The fourth-order valence-electron chi connectivity index (χ4n) is 1.70. The number of carboxylic acids is 1. The van der Waals surface area contributed by atoms with E-state index in [4.69, 9.17) is 9.84 Å². The van der Waals surface area contributed by atoms with Crippen molar-refractivity contribution < 1.29 is 29.6 Å². The molecule has 0 bridgehead atoms. The molecule has 2 atom stereocenters. The summed E-state index contributed by atoms with van der Waals surface area (Å²) in [5.74, 6) is -1.63. The van der Waals surface area contributed by atoms with Gasteiger partial charge in [0.1, 0.15) is 6.10 Å². The van der Waals surface area contributed by atoms with Crippen LogP contribution in [0.3, 0.4) is 0 Å². The van der Waals surface area contributed by atoms with Gasteiger partial charge >= 0.3 is 11.9 Å². The third kappa shape index (κ3) is 5.76. The molecule has 0 aromatic heterocycles. The lowest BCUT2D eigenvalue weighted by Crippen LogP contribution is -2.23. The molecular formula is C15H18O6. The highest BCUT2D eigenvalue weighted by atomic mass is 16.5. The van der Waals surface area contributed by atoms with Crippen LogP contribution in [-0.2, 0) is 14.3 Å². The molecule has 0 radical (unpaired) electrons. The standard InChI is InChI=1S/C15H18O6/c1-2-21-14(19)9-12(16)15(20)11-6-3-10(4-7-11)5-8-13(17)18/h3-8,12,15-16,20H,2,9H2,1H3,(H,17,18)/b8-5+. The summed E-state index contributed by atoms with van der Waals surface area (Å²) in [7, 11) is 0. The fraction of sp³-hybridized carbons (Fsp3) is 0.333. The number of esters is 1. The Labute approximate surface area is 122 Å². The average molecular weight is 294 g/mol. The molecule has 0 saturated heterocycles. The van der Waals surface area contributed by atoms with Crippen molar-refractivity contribution in [3.63, 3.8) is 0 Å². The summed E-state index contributed by atoms with van der Waals surface area (Å²) in [6.45, 7) is 1.87. The minimum absolute atomic E-state index is 0.215. The summed E-state index contributed by atoms with van der Waals surface area (Å²) < 4.78 is 4.70. The maximum Gasteiger partial charge on any atom is 0.328 e. The van der Waals surface area contributed by atoms with Gasteiger partial charge in [-0.3, -0.25) is 4.79 Å². The molecule has 1 aromatic rings. The van der Waals surface area contributed by atoms with Gasteiger partial charge in [-0.2, -0.15) is 0 Å². The van der Waals surface area contributed by atoms with E-state index in [9.17, 15) is 19.8 Å². The van der Waals surface area contributed by atoms with Gasteiger partial charge in [-0.1, -0.05) is 24.3 Å². The van der Waals surface area contributed by atoms with Gasteiger partial charge in [0.25, 0.3) is 0 Å². The molecule has 0 saturated carbocycles. The lowest BCUT2D eigenvalue weighted by Gasteiger charge is -2.17. The second kappa shape index (κ2) is 8.18. The van der Waals surface area contributed by atoms with E-state index in [-0.39, 0.29) is 13.0 Å². The molecular weight excluding hydrogens is 276 g/mol. The molecule has 1 rings (SSSR count). The Hall–Kier alpha value is -2.18. The number of carbonyl (C=O) groups excluding carboxylic acids is 1. The molecule has 2 unspecified atom stereocenters. The SMILES string of the molecule is CCOC(=O)CC(O)C(O)c1ccc(/C=C/C(=O)O)cc1. The number of aliphatic hydroxyl groups is 2. The average Bonchev–Trinajstić information content (AvgIpc) is 2.45. The van der Waals surface area contributed by atoms with Gasteiger partial charge in [-0.25, -0.2) is 4.79 Å². The van der Waals surface area contributed by atoms with E-state index in [0.29, 0.717) is 11.1 Å². The van der Waals surface area contributed by atoms with Gasteiger partial charge in [0, 0.05) is 6.08 Å². The minimum atomic E-state index is -1.26. The summed E-state index contributed by atoms with van der Waals surface area (Å²) >= 11 is 0. The predicted molar refractivity (Wildman–Crippen MR) is 75.3 cm³/mol. The number of hydrogen-bond donors (Lipinski definition) is 3. The Morgan fingerprint density at radius 2 is 1.86 bits per heavy atom. The third-order valence-corrected chi connectivity index (χ3v) is 2.74. The number of rotatable bonds is 7. The number of ether oxygens (including phenoxy) is 1. The van der Waals surface area contributed by atoms with Crippen molar-refractivity contribution in [2.24, 2.45) is 0 Å². The van der Waals surface area contributed by atoms with Crippen LogP contribution < -0.4 is 0 Å². The largest absolute Gasteiger partial charge is 0.478 e. The molecule has 114 valence electrons. The first kappa shape index (κ1) is 16.9. The third-order valence-electron chi connectivity index (χ3n) is 2.74. The Morgan fingerprint density at radius 3 is 2.38 bits per heavy atom. The first-order valence-corrected chi connectivity index (χ1v) is 6.46. The van der Waals surface area contributed by atoms with Crippen LogP contribution in [-0.4, -0.2) is 40.0 Å². The van der Waals surface area contributed by atoms with E-state index in [1.807, 2.05) is 0 Å². The van der Waals surface area contributed by atoms with Gasteiger partial charge < -0.3 is 20.1 Å². The maximum absolute atomic E-state index is 11.2. The zero-order valence-corrected chi connectivity index (χ0v) is 11.6. The molecule has 3 N–H and O–H groups in total. The fourth-order valence-corrected chi connectivity index (χ4v) is 1.70. The predicted octanol–water partition coefficient (Wildman–Crippen LogP) is 1.13. The normalized spacial score (nSPS) is 13.9. The zero-order valence-electron chi connectivity index (χ0n) is 11.6. The van der Waals surface area contributed by atoms with Crippen LogP contribution in [0.25, 0.3) is 6.08 Å². The van der Waals surface area contributed by atoms with Crippen molar-refractivity contribution in [3.8, 4) is 0 Å². The van der Waals surface area contributed by atoms with Crippen molar-refractivity contribution >= 4 is 18.0 Å². The van der Waals surface area contributed by atoms with Crippen LogP contribution in [0, 0.1) is 0 Å². The molecule has 6 heteroatoms. The number of aliphatic hydroxyl groups excluding tert-OH is 2. The van der Waals surface area contributed by atoms with Gasteiger partial charge in [-0.15, -0.1) is 0 Å². The molecule has 0 aliphatic carbocycles. The van der Waals surface area contributed by atoms with Gasteiger partial charge in [0.15, 0.2) is 0 Å². The highest BCUT2D eigenvalue weighted by molar-refractivity contribution is 5.85. The van der Waals surface area contributed by atoms with E-state index in [1.165, 1.54) is 6.08 Å². The van der Waals surface area contributed by atoms with Crippen LogP contribution in [0.1, 0.15) is 30.6 Å². The number of benzene rings is 1. The van der Waals surface area contributed by atoms with Gasteiger partial charge in [0.2, 0.25) is 0 Å². The molecule has 0 amide bonds. The minimum Gasteiger partial charge on any atom is -0.478 e. The van der Waals surface area contributed by atoms with E-state index in [0.717, 1.165) is 6.08 Å². The summed E-state index contributed by atoms with van der Waals surface area (Å²) in [5.41, 5.74) is 1.08. The molecule has 0 aliphatic rings. The maximum atomic E-state index is 11.2. The summed E-state index contributed by atoms with van der Waals surface area (Å²) in [6.07, 6.45) is -0.360. The number of carbonyl (C=O) groups is 2. The lowest BCUT2D eigenvalue weighted by atomic mass is 10.0. The van der Waals surface area contributed by atoms with E-state index < -0.39 is 24.1 Å². The molecule has 0 spiro atoms. The second-order valence-corrected chi connectivity index (χ2v) is 4.36. The van der Waals surface area contributed by atoms with Crippen LogP contribution in [0.4, 0.5) is 0 Å². The smallest absolute Gasteiger partial charge is 0.328 e. The van der Waals surface area contributed by atoms with E-state index >= 15 is 0 Å².